The Hall–Kier alpha value is -4.43. The summed E-state index contributed by atoms with van der Waals surface area (Å²) in [7, 11) is 4.04. The summed E-state index contributed by atoms with van der Waals surface area (Å²) in [6, 6.07) is 13.9. The number of benzene rings is 2. The fraction of sp³-hybridized carbons (Fsp3) is 0.351. The zero-order valence-corrected chi connectivity index (χ0v) is 27.4. The van der Waals surface area contributed by atoms with Gasteiger partial charge in [-0.3, -0.25) is 4.79 Å². The molecule has 8 nitrogen and oxygen atoms in total. The van der Waals surface area contributed by atoms with Crippen molar-refractivity contribution in [3.63, 3.8) is 0 Å². The molecule has 9 heteroatoms. The molecule has 0 aliphatic heterocycles. The Balaban J connectivity index is 1.25. The third-order valence-corrected chi connectivity index (χ3v) is 10.6. The first-order valence-corrected chi connectivity index (χ1v) is 16.4. The molecular weight excluding hydrogens is 598 g/mol. The summed E-state index contributed by atoms with van der Waals surface area (Å²) in [5.41, 5.74) is 8.31. The van der Waals surface area contributed by atoms with Crippen LogP contribution < -0.4 is 5.32 Å². The molecule has 1 amide bonds. The summed E-state index contributed by atoms with van der Waals surface area (Å²) in [5.74, 6) is 0.214. The Morgan fingerprint density at radius 1 is 1.02 bits per heavy atom. The molecule has 0 atom stereocenters. The van der Waals surface area contributed by atoms with Crippen LogP contribution in [0.3, 0.4) is 0 Å². The summed E-state index contributed by atoms with van der Waals surface area (Å²) in [6.45, 7) is 3.56. The van der Waals surface area contributed by atoms with Gasteiger partial charge < -0.3 is 19.6 Å². The van der Waals surface area contributed by atoms with Crippen LogP contribution in [0, 0.1) is 6.92 Å². The number of hydrogen-bond donors (Lipinski definition) is 2. The van der Waals surface area contributed by atoms with Gasteiger partial charge in [-0.2, -0.15) is 0 Å². The van der Waals surface area contributed by atoms with Gasteiger partial charge in [0.15, 0.2) is 0 Å². The number of nitrogens with zero attached hydrogens (tertiary/aromatic N) is 4. The maximum atomic E-state index is 14.0. The van der Waals surface area contributed by atoms with Crippen LogP contribution in [0.25, 0.3) is 39.3 Å². The van der Waals surface area contributed by atoms with E-state index in [-0.39, 0.29) is 11.5 Å². The van der Waals surface area contributed by atoms with E-state index >= 15 is 0 Å². The Morgan fingerprint density at radius 3 is 2.46 bits per heavy atom. The first-order valence-electron chi connectivity index (χ1n) is 16.0. The lowest BCUT2D eigenvalue weighted by atomic mass is 9.75. The van der Waals surface area contributed by atoms with Gasteiger partial charge in [-0.15, -0.1) is 0 Å². The Bertz CT molecular complexity index is 2080. The number of imidazole rings is 1. The molecule has 0 spiro atoms. The Kier molecular flexibility index (Phi) is 7.51. The van der Waals surface area contributed by atoms with E-state index in [1.54, 1.807) is 13.0 Å². The van der Waals surface area contributed by atoms with E-state index in [0.29, 0.717) is 16.6 Å². The molecule has 0 radical (unpaired) electrons. The molecule has 0 bridgehead atoms. The number of aliphatic carboxylic acids is 1. The van der Waals surface area contributed by atoms with Crippen LogP contribution in [0.15, 0.2) is 54.2 Å². The highest BCUT2D eigenvalue weighted by Gasteiger charge is 2.44. The minimum atomic E-state index is -0.946. The molecule has 2 aliphatic rings. The lowest BCUT2D eigenvalue weighted by Gasteiger charge is -2.41. The predicted octanol–water partition coefficient (Wildman–Crippen LogP) is 8.04. The number of nitrogens with one attached hydrogen (secondary N) is 1. The van der Waals surface area contributed by atoms with Crippen LogP contribution in [0.1, 0.15) is 90.7 Å². The van der Waals surface area contributed by atoms with Crippen molar-refractivity contribution in [3.8, 4) is 11.3 Å². The van der Waals surface area contributed by atoms with Gasteiger partial charge in [0.2, 0.25) is 0 Å². The van der Waals surface area contributed by atoms with Crippen LogP contribution >= 0.6 is 11.6 Å². The molecule has 2 fully saturated rings. The number of aryl methyl sites for hydroxylation is 3. The number of carboxylic acid groups (broad SMARTS) is 1. The van der Waals surface area contributed by atoms with Gasteiger partial charge >= 0.3 is 5.97 Å². The second-order valence-corrected chi connectivity index (χ2v) is 13.5. The average molecular weight is 636 g/mol. The molecule has 2 N–H and O–H groups in total. The van der Waals surface area contributed by atoms with Crippen molar-refractivity contribution in [2.75, 3.05) is 0 Å². The number of halogens is 1. The average Bonchev–Trinajstić information content (AvgIpc) is 3.73. The van der Waals surface area contributed by atoms with E-state index in [1.807, 2.05) is 55.1 Å². The van der Waals surface area contributed by atoms with Crippen LogP contribution in [0.5, 0.6) is 0 Å². The minimum Gasteiger partial charge on any atom is -0.478 e. The zero-order valence-electron chi connectivity index (χ0n) is 26.7. The lowest BCUT2D eigenvalue weighted by Crippen LogP contribution is -2.52. The number of rotatable bonds is 7. The van der Waals surface area contributed by atoms with Crippen molar-refractivity contribution in [1.29, 1.82) is 0 Å². The monoisotopic (exact) mass is 635 g/mol. The molecular formula is C37H38ClN5O3. The Labute approximate surface area is 273 Å². The second-order valence-electron chi connectivity index (χ2n) is 13.1. The van der Waals surface area contributed by atoms with Gasteiger partial charge in [-0.25, -0.2) is 14.8 Å². The van der Waals surface area contributed by atoms with Gasteiger partial charge in [0.1, 0.15) is 11.0 Å². The molecule has 2 saturated carbocycles. The van der Waals surface area contributed by atoms with Crippen LogP contribution in [0.4, 0.5) is 0 Å². The van der Waals surface area contributed by atoms with Gasteiger partial charge in [-0.1, -0.05) is 36.6 Å². The van der Waals surface area contributed by atoms with Crippen LogP contribution in [0.2, 0.25) is 5.15 Å². The van der Waals surface area contributed by atoms with Crippen LogP contribution in [-0.2, 0) is 24.4 Å². The van der Waals surface area contributed by atoms with E-state index in [9.17, 15) is 14.7 Å². The number of carbonyl (C=O) groups excluding carboxylic acids is 1. The standard InChI is InChI=1S/C37H38ClN5O3/c1-21-17-26(20-39-33(21)38)32-31(24-8-5-6-9-24)27-12-11-25(19-29(27)42(32)3)34(44)41-37(14-7-15-37)36-40-28-13-10-23(16-22(2)35(45)46)18-30(28)43(36)4/h10-13,16-20,24H,5-9,14-15H2,1-4H3,(H,41,44)(H,45,46)/b22-16+. The number of hydrogen-bond acceptors (Lipinski definition) is 4. The normalized spacial score (nSPS) is 16.7. The molecule has 0 unspecified atom stereocenters. The van der Waals surface area contributed by atoms with E-state index in [4.69, 9.17) is 16.6 Å². The fourth-order valence-electron chi connectivity index (χ4n) is 7.53. The SMILES string of the molecule is C/C(=C\c1ccc2nc(C3(NC(=O)c4ccc5c(C6CCCC6)c(-c6cnc(Cl)c(C)c6)n(C)c5c4)CCC3)n(C)c2c1)C(=O)O. The first kappa shape index (κ1) is 30.2. The van der Waals surface area contributed by atoms with Crippen molar-refractivity contribution in [3.05, 3.63) is 87.5 Å². The molecule has 46 heavy (non-hydrogen) atoms. The second kappa shape index (κ2) is 11.4. The van der Waals surface area contributed by atoms with E-state index in [2.05, 4.69) is 34.0 Å². The predicted molar refractivity (Wildman–Crippen MR) is 182 cm³/mol. The molecule has 5 aromatic rings. The smallest absolute Gasteiger partial charge is 0.331 e. The lowest BCUT2D eigenvalue weighted by molar-refractivity contribution is -0.132. The maximum absolute atomic E-state index is 14.0. The Morgan fingerprint density at radius 2 is 1.78 bits per heavy atom. The van der Waals surface area contributed by atoms with Crippen molar-refractivity contribution in [2.24, 2.45) is 14.1 Å². The quantitative estimate of drug-likeness (QED) is 0.139. The summed E-state index contributed by atoms with van der Waals surface area (Å²) >= 11 is 6.30. The fourth-order valence-corrected chi connectivity index (χ4v) is 7.64. The molecule has 2 aliphatic carbocycles. The summed E-state index contributed by atoms with van der Waals surface area (Å²) in [4.78, 5) is 34.8. The van der Waals surface area contributed by atoms with Crippen molar-refractivity contribution >= 4 is 51.5 Å². The molecule has 236 valence electrons. The molecule has 2 aromatic carbocycles. The number of amides is 1. The molecule has 0 saturated heterocycles. The molecule has 3 heterocycles. The van der Waals surface area contributed by atoms with E-state index in [1.165, 1.54) is 23.8 Å². The number of carboxylic acids is 1. The third kappa shape index (κ3) is 4.99. The first-order chi connectivity index (χ1) is 22.1. The van der Waals surface area contributed by atoms with Gasteiger partial charge in [-0.05, 0) is 105 Å². The highest BCUT2D eigenvalue weighted by atomic mass is 35.5. The number of fused-ring (bicyclic) bond motifs is 2. The van der Waals surface area contributed by atoms with Gasteiger partial charge in [0, 0.05) is 47.9 Å². The summed E-state index contributed by atoms with van der Waals surface area (Å²) in [5, 5.41) is 14.4. The molecule has 3 aromatic heterocycles. The topological polar surface area (TPSA) is 102 Å². The van der Waals surface area contributed by atoms with E-state index in [0.717, 1.165) is 76.9 Å². The summed E-state index contributed by atoms with van der Waals surface area (Å²) in [6.07, 6.45) is 10.9. The van der Waals surface area contributed by atoms with Crippen molar-refractivity contribution in [2.45, 2.75) is 70.3 Å². The number of aromatic nitrogens is 4. The minimum absolute atomic E-state index is 0.122. The zero-order chi connectivity index (χ0) is 32.3. The third-order valence-electron chi connectivity index (χ3n) is 10.2. The van der Waals surface area contributed by atoms with E-state index < -0.39 is 11.5 Å². The maximum Gasteiger partial charge on any atom is 0.331 e. The van der Waals surface area contributed by atoms with Crippen molar-refractivity contribution < 1.29 is 14.7 Å². The number of pyridine rings is 1. The van der Waals surface area contributed by atoms with Crippen molar-refractivity contribution in [1.82, 2.24) is 24.4 Å². The van der Waals surface area contributed by atoms with Gasteiger partial charge in [0.05, 0.1) is 22.3 Å². The largest absolute Gasteiger partial charge is 0.478 e. The summed E-state index contributed by atoms with van der Waals surface area (Å²) < 4.78 is 4.25. The highest BCUT2D eigenvalue weighted by Crippen LogP contribution is 2.45. The van der Waals surface area contributed by atoms with Gasteiger partial charge in [0.25, 0.3) is 5.91 Å². The molecule has 7 rings (SSSR count). The van der Waals surface area contributed by atoms with Crippen LogP contribution in [-0.4, -0.2) is 36.1 Å². The highest BCUT2D eigenvalue weighted by molar-refractivity contribution is 6.30. The number of carbonyl (C=O) groups is 2.